The van der Waals surface area contributed by atoms with Gasteiger partial charge in [0, 0.05) is 12.4 Å². The minimum atomic E-state index is -1.22. The molecule has 5 nitrogen and oxygen atoms in total. The van der Waals surface area contributed by atoms with Gasteiger partial charge < -0.3 is 15.4 Å². The van der Waals surface area contributed by atoms with Crippen LogP contribution in [-0.2, 0) is 0 Å². The van der Waals surface area contributed by atoms with Gasteiger partial charge in [-0.1, -0.05) is 12.1 Å². The quantitative estimate of drug-likeness (QED) is 0.708. The lowest BCUT2D eigenvalue weighted by molar-refractivity contribution is 0.0695. The second-order valence-corrected chi connectivity index (χ2v) is 3.34. The number of carboxylic acid groups (broad SMARTS) is 1. The number of pyridine rings is 1. The van der Waals surface area contributed by atoms with Crippen LogP contribution in [0.1, 0.15) is 10.4 Å². The highest BCUT2D eigenvalue weighted by Crippen LogP contribution is 2.19. The Balaban J connectivity index is 2.83. The van der Waals surface area contributed by atoms with Crippen molar-refractivity contribution >= 4 is 22.6 Å². The Morgan fingerprint density at radius 2 is 2.19 bits per heavy atom. The molecule has 0 aliphatic carbocycles. The smallest absolute Gasteiger partial charge is 0.341 e. The van der Waals surface area contributed by atoms with Crippen LogP contribution in [0.25, 0.3) is 10.9 Å². The summed E-state index contributed by atoms with van der Waals surface area (Å²) in [5.74, 6) is -1.22. The van der Waals surface area contributed by atoms with Gasteiger partial charge in [-0.15, -0.1) is 0 Å². The number of hydrogen-bond donors (Lipinski definition) is 3. The van der Waals surface area contributed by atoms with E-state index in [-0.39, 0.29) is 5.56 Å². The first-order valence-electron chi connectivity index (χ1n) is 4.70. The fourth-order valence-corrected chi connectivity index (χ4v) is 1.60. The number of nitrogens with one attached hydrogen (secondary N) is 2. The summed E-state index contributed by atoms with van der Waals surface area (Å²) in [6.07, 6.45) is 0. The molecule has 0 bridgehead atoms. The molecule has 0 amide bonds. The minimum absolute atomic E-state index is 0.249. The number of aromatic nitrogens is 1. The first-order chi connectivity index (χ1) is 7.63. The molecule has 0 fully saturated rings. The lowest BCUT2D eigenvalue weighted by Gasteiger charge is -2.05. The maximum Gasteiger partial charge on any atom is 0.341 e. The summed E-state index contributed by atoms with van der Waals surface area (Å²) in [6.45, 7) is 0. The van der Waals surface area contributed by atoms with Crippen molar-refractivity contribution in [2.75, 3.05) is 12.4 Å². The van der Waals surface area contributed by atoms with Crippen molar-refractivity contribution < 1.29 is 9.90 Å². The number of carboxylic acids is 1. The number of anilines is 1. The zero-order valence-corrected chi connectivity index (χ0v) is 8.57. The summed E-state index contributed by atoms with van der Waals surface area (Å²) < 4.78 is 0. The number of H-pyrrole nitrogens is 1. The van der Waals surface area contributed by atoms with E-state index in [1.165, 1.54) is 6.07 Å². The molecular weight excluding hydrogens is 208 g/mol. The van der Waals surface area contributed by atoms with E-state index in [1.54, 1.807) is 25.2 Å². The van der Waals surface area contributed by atoms with Crippen LogP contribution in [0.2, 0.25) is 0 Å². The average Bonchev–Trinajstić information content (AvgIpc) is 2.27. The molecule has 0 atom stereocenters. The van der Waals surface area contributed by atoms with Gasteiger partial charge in [-0.05, 0) is 12.1 Å². The molecule has 0 aliphatic heterocycles. The van der Waals surface area contributed by atoms with Crippen LogP contribution in [0.15, 0.2) is 29.1 Å². The third-order valence-electron chi connectivity index (χ3n) is 2.38. The molecule has 82 valence electrons. The van der Waals surface area contributed by atoms with Crippen molar-refractivity contribution in [2.45, 2.75) is 0 Å². The number of aromatic carboxylic acids is 1. The third-order valence-corrected chi connectivity index (χ3v) is 2.38. The van der Waals surface area contributed by atoms with E-state index in [1.807, 2.05) is 0 Å². The number of carbonyl (C=O) groups is 1. The van der Waals surface area contributed by atoms with Crippen LogP contribution in [0.5, 0.6) is 0 Å². The molecule has 0 spiro atoms. The number of para-hydroxylation sites is 1. The van der Waals surface area contributed by atoms with Crippen LogP contribution < -0.4 is 10.9 Å². The maximum absolute atomic E-state index is 11.5. The average molecular weight is 218 g/mol. The Bertz CT molecular complexity index is 616. The number of aromatic amines is 1. The Morgan fingerprint density at radius 1 is 1.44 bits per heavy atom. The summed E-state index contributed by atoms with van der Waals surface area (Å²) in [5, 5.41) is 12.4. The van der Waals surface area contributed by atoms with Crippen molar-refractivity contribution in [3.63, 3.8) is 0 Å². The summed E-state index contributed by atoms with van der Waals surface area (Å²) in [6, 6.07) is 6.72. The first-order valence-corrected chi connectivity index (χ1v) is 4.70. The standard InChI is InChI=1S/C11H10N2O3/c1-12-8-4-2-3-6-5-7(11(15)16)10(14)13-9(6)8/h2-5,12H,1H3,(H,13,14)(H,15,16). The van der Waals surface area contributed by atoms with Crippen LogP contribution in [-0.4, -0.2) is 23.1 Å². The Kier molecular flexibility index (Phi) is 2.36. The van der Waals surface area contributed by atoms with Crippen molar-refractivity contribution in [2.24, 2.45) is 0 Å². The maximum atomic E-state index is 11.5. The third kappa shape index (κ3) is 1.52. The molecule has 0 radical (unpaired) electrons. The Hall–Kier alpha value is -2.30. The van der Waals surface area contributed by atoms with E-state index in [9.17, 15) is 9.59 Å². The predicted molar refractivity (Wildman–Crippen MR) is 61.1 cm³/mol. The molecule has 2 rings (SSSR count). The Morgan fingerprint density at radius 3 is 2.81 bits per heavy atom. The molecule has 0 unspecified atom stereocenters. The van der Waals surface area contributed by atoms with E-state index >= 15 is 0 Å². The van der Waals surface area contributed by atoms with Crippen molar-refractivity contribution in [3.05, 3.63) is 40.2 Å². The second kappa shape index (κ2) is 3.69. The molecule has 1 heterocycles. The largest absolute Gasteiger partial charge is 0.477 e. The molecule has 1 aromatic carbocycles. The Labute approximate surface area is 90.7 Å². The highest BCUT2D eigenvalue weighted by atomic mass is 16.4. The van der Waals surface area contributed by atoms with Gasteiger partial charge in [0.15, 0.2) is 0 Å². The van der Waals surface area contributed by atoms with E-state index in [4.69, 9.17) is 5.11 Å². The molecule has 16 heavy (non-hydrogen) atoms. The van der Waals surface area contributed by atoms with E-state index in [0.717, 1.165) is 5.69 Å². The lowest BCUT2D eigenvalue weighted by atomic mass is 10.1. The number of rotatable bonds is 2. The van der Waals surface area contributed by atoms with Crippen molar-refractivity contribution in [1.82, 2.24) is 4.98 Å². The highest BCUT2D eigenvalue weighted by Gasteiger charge is 2.10. The summed E-state index contributed by atoms with van der Waals surface area (Å²) in [4.78, 5) is 24.8. The molecule has 0 saturated heterocycles. The monoisotopic (exact) mass is 218 g/mol. The molecule has 1 aromatic heterocycles. The predicted octanol–water partition coefficient (Wildman–Crippen LogP) is 1.27. The van der Waals surface area contributed by atoms with Gasteiger partial charge in [0.25, 0.3) is 5.56 Å². The lowest BCUT2D eigenvalue weighted by Crippen LogP contribution is -2.17. The van der Waals surface area contributed by atoms with E-state index < -0.39 is 11.5 Å². The highest BCUT2D eigenvalue weighted by molar-refractivity contribution is 5.96. The number of fused-ring (bicyclic) bond motifs is 1. The van der Waals surface area contributed by atoms with Crippen LogP contribution >= 0.6 is 0 Å². The first kappa shape index (κ1) is 10.2. The molecule has 0 saturated carbocycles. The fourth-order valence-electron chi connectivity index (χ4n) is 1.60. The summed E-state index contributed by atoms with van der Waals surface area (Å²) in [5.41, 5.74) is 0.523. The second-order valence-electron chi connectivity index (χ2n) is 3.34. The van der Waals surface area contributed by atoms with Crippen molar-refractivity contribution in [1.29, 1.82) is 0 Å². The van der Waals surface area contributed by atoms with Gasteiger partial charge in [-0.2, -0.15) is 0 Å². The van der Waals surface area contributed by atoms with Crippen LogP contribution in [0.3, 0.4) is 0 Å². The number of hydrogen-bond acceptors (Lipinski definition) is 3. The zero-order chi connectivity index (χ0) is 11.7. The van der Waals surface area contributed by atoms with Crippen molar-refractivity contribution in [3.8, 4) is 0 Å². The van der Waals surface area contributed by atoms with Gasteiger partial charge in [0.2, 0.25) is 0 Å². The topological polar surface area (TPSA) is 82.2 Å². The van der Waals surface area contributed by atoms with E-state index in [0.29, 0.717) is 10.9 Å². The SMILES string of the molecule is CNc1cccc2cc(C(=O)O)c(=O)[nH]c12. The van der Waals surface area contributed by atoms with Crippen LogP contribution in [0, 0.1) is 0 Å². The molecule has 0 aliphatic rings. The normalized spacial score (nSPS) is 10.3. The minimum Gasteiger partial charge on any atom is -0.477 e. The van der Waals surface area contributed by atoms with Gasteiger partial charge in [0.05, 0.1) is 11.2 Å². The van der Waals surface area contributed by atoms with Gasteiger partial charge in [-0.3, -0.25) is 4.79 Å². The summed E-state index contributed by atoms with van der Waals surface area (Å²) in [7, 11) is 1.73. The van der Waals surface area contributed by atoms with Gasteiger partial charge in [-0.25, -0.2) is 4.79 Å². The summed E-state index contributed by atoms with van der Waals surface area (Å²) >= 11 is 0. The molecular formula is C11H10N2O3. The van der Waals surface area contributed by atoms with Gasteiger partial charge in [0.1, 0.15) is 5.56 Å². The zero-order valence-electron chi connectivity index (χ0n) is 8.57. The van der Waals surface area contributed by atoms with E-state index in [2.05, 4.69) is 10.3 Å². The number of benzene rings is 1. The molecule has 3 N–H and O–H groups in total. The molecule has 5 heteroatoms. The van der Waals surface area contributed by atoms with Gasteiger partial charge >= 0.3 is 5.97 Å². The fraction of sp³-hybridized carbons (Fsp3) is 0.0909. The molecule has 2 aromatic rings. The van der Waals surface area contributed by atoms with Crippen LogP contribution in [0.4, 0.5) is 5.69 Å².